The first kappa shape index (κ1) is 21.2. The minimum atomic E-state index is -0.225. The van der Waals surface area contributed by atoms with E-state index in [4.69, 9.17) is 15.2 Å². The molecule has 0 aromatic heterocycles. The van der Waals surface area contributed by atoms with Crippen molar-refractivity contribution in [1.29, 1.82) is 0 Å². The van der Waals surface area contributed by atoms with E-state index in [0.717, 1.165) is 17.7 Å². The van der Waals surface area contributed by atoms with Crippen LogP contribution in [0.2, 0.25) is 0 Å². The Morgan fingerprint density at radius 1 is 0.929 bits per heavy atom. The molecule has 0 unspecified atom stereocenters. The van der Waals surface area contributed by atoms with Gasteiger partial charge in [0.1, 0.15) is 11.5 Å². The van der Waals surface area contributed by atoms with E-state index in [0.29, 0.717) is 37.6 Å². The summed E-state index contributed by atoms with van der Waals surface area (Å²) in [4.78, 5) is 23.9. The van der Waals surface area contributed by atoms with Crippen LogP contribution in [0.5, 0.6) is 11.5 Å². The van der Waals surface area contributed by atoms with E-state index in [1.54, 1.807) is 36.4 Å². The molecule has 0 aliphatic heterocycles. The van der Waals surface area contributed by atoms with Crippen LogP contribution in [0.1, 0.15) is 29.3 Å². The molecule has 0 aliphatic rings. The van der Waals surface area contributed by atoms with Crippen LogP contribution in [0.25, 0.3) is 0 Å². The molecule has 0 aliphatic carbocycles. The normalized spacial score (nSPS) is 10.2. The van der Waals surface area contributed by atoms with E-state index in [9.17, 15) is 9.59 Å². The molecule has 0 atom stereocenters. The van der Waals surface area contributed by atoms with Crippen molar-refractivity contribution >= 4 is 11.8 Å². The van der Waals surface area contributed by atoms with Gasteiger partial charge in [0, 0.05) is 18.7 Å². The topological polar surface area (TPSA) is 103 Å². The van der Waals surface area contributed by atoms with Crippen molar-refractivity contribution in [2.24, 2.45) is 5.73 Å². The number of carbonyl (C=O) groups excluding carboxylic acids is 2. The standard InChI is InChI=1S/C21H27N3O4/c1-2-27-18-8-10-19(11-9-18)28-15-20(25)24-14-16-4-6-17(7-5-16)21(26)23-13-3-12-22/h4-11H,2-3,12-15,22H2,1H3,(H,23,26)(H,24,25). The second-order valence-electron chi connectivity index (χ2n) is 6.06. The van der Waals surface area contributed by atoms with E-state index in [1.165, 1.54) is 0 Å². The van der Waals surface area contributed by atoms with Crippen LogP contribution in [-0.4, -0.2) is 38.1 Å². The lowest BCUT2D eigenvalue weighted by atomic mass is 10.1. The van der Waals surface area contributed by atoms with E-state index in [-0.39, 0.29) is 18.4 Å². The second kappa shape index (κ2) is 11.6. The molecule has 2 amide bonds. The van der Waals surface area contributed by atoms with Crippen molar-refractivity contribution in [1.82, 2.24) is 10.6 Å². The summed E-state index contributed by atoms with van der Waals surface area (Å²) in [6.45, 7) is 3.90. The van der Waals surface area contributed by atoms with Crippen LogP contribution >= 0.6 is 0 Å². The zero-order valence-electron chi connectivity index (χ0n) is 16.1. The Hall–Kier alpha value is -3.06. The minimum absolute atomic E-state index is 0.0738. The predicted molar refractivity (Wildman–Crippen MR) is 107 cm³/mol. The number of ether oxygens (including phenoxy) is 2. The zero-order valence-corrected chi connectivity index (χ0v) is 16.1. The van der Waals surface area contributed by atoms with E-state index in [1.807, 2.05) is 19.1 Å². The fourth-order valence-corrected chi connectivity index (χ4v) is 2.38. The molecule has 2 aromatic rings. The van der Waals surface area contributed by atoms with Gasteiger partial charge in [-0.05, 0) is 61.9 Å². The highest BCUT2D eigenvalue weighted by molar-refractivity contribution is 5.94. The highest BCUT2D eigenvalue weighted by atomic mass is 16.5. The molecule has 4 N–H and O–H groups in total. The van der Waals surface area contributed by atoms with Crippen molar-refractivity contribution in [2.45, 2.75) is 19.9 Å². The van der Waals surface area contributed by atoms with Crippen LogP contribution in [0.4, 0.5) is 0 Å². The summed E-state index contributed by atoms with van der Waals surface area (Å²) in [6.07, 6.45) is 0.745. The molecule has 2 rings (SSSR count). The van der Waals surface area contributed by atoms with Gasteiger partial charge in [0.15, 0.2) is 6.61 Å². The van der Waals surface area contributed by atoms with Gasteiger partial charge in [-0.3, -0.25) is 9.59 Å². The van der Waals surface area contributed by atoms with Crippen molar-refractivity contribution in [2.75, 3.05) is 26.3 Å². The third kappa shape index (κ3) is 7.28. The van der Waals surface area contributed by atoms with E-state index in [2.05, 4.69) is 10.6 Å². The fraction of sp³-hybridized carbons (Fsp3) is 0.333. The molecular formula is C21H27N3O4. The van der Waals surface area contributed by atoms with Crippen molar-refractivity contribution < 1.29 is 19.1 Å². The van der Waals surface area contributed by atoms with Crippen molar-refractivity contribution in [3.8, 4) is 11.5 Å². The molecule has 0 spiro atoms. The maximum Gasteiger partial charge on any atom is 0.258 e. The lowest BCUT2D eigenvalue weighted by Crippen LogP contribution is -2.28. The molecule has 0 saturated heterocycles. The summed E-state index contributed by atoms with van der Waals surface area (Å²) in [7, 11) is 0. The van der Waals surface area contributed by atoms with Gasteiger partial charge in [-0.1, -0.05) is 12.1 Å². The van der Waals surface area contributed by atoms with Crippen LogP contribution < -0.4 is 25.8 Å². The van der Waals surface area contributed by atoms with Gasteiger partial charge < -0.3 is 25.8 Å². The quantitative estimate of drug-likeness (QED) is 0.513. The molecule has 0 radical (unpaired) electrons. The molecule has 7 nitrogen and oxygen atoms in total. The molecular weight excluding hydrogens is 358 g/mol. The predicted octanol–water partition coefficient (Wildman–Crippen LogP) is 1.86. The van der Waals surface area contributed by atoms with Gasteiger partial charge >= 0.3 is 0 Å². The van der Waals surface area contributed by atoms with Crippen LogP contribution in [0.3, 0.4) is 0 Å². The van der Waals surface area contributed by atoms with Crippen molar-refractivity contribution in [3.63, 3.8) is 0 Å². The van der Waals surface area contributed by atoms with Gasteiger partial charge in [0.05, 0.1) is 6.61 Å². The van der Waals surface area contributed by atoms with E-state index < -0.39 is 0 Å². The first-order chi connectivity index (χ1) is 13.6. The van der Waals surface area contributed by atoms with Gasteiger partial charge in [-0.15, -0.1) is 0 Å². The number of hydrogen-bond donors (Lipinski definition) is 3. The molecule has 28 heavy (non-hydrogen) atoms. The molecule has 150 valence electrons. The second-order valence-corrected chi connectivity index (χ2v) is 6.06. The van der Waals surface area contributed by atoms with Crippen molar-refractivity contribution in [3.05, 3.63) is 59.7 Å². The third-order valence-corrected chi connectivity index (χ3v) is 3.88. The van der Waals surface area contributed by atoms with Gasteiger partial charge in [-0.25, -0.2) is 0 Å². The average Bonchev–Trinajstić information content (AvgIpc) is 2.72. The summed E-state index contributed by atoms with van der Waals surface area (Å²) in [5.41, 5.74) is 6.87. The van der Waals surface area contributed by atoms with Gasteiger partial charge in [0.2, 0.25) is 0 Å². The maximum absolute atomic E-state index is 11.9. The number of amides is 2. The molecule has 7 heteroatoms. The lowest BCUT2D eigenvalue weighted by molar-refractivity contribution is -0.123. The first-order valence-corrected chi connectivity index (χ1v) is 9.32. The third-order valence-electron chi connectivity index (χ3n) is 3.88. The Balaban J connectivity index is 1.72. The summed E-state index contributed by atoms with van der Waals surface area (Å²) >= 11 is 0. The van der Waals surface area contributed by atoms with Crippen LogP contribution in [-0.2, 0) is 11.3 Å². The SMILES string of the molecule is CCOc1ccc(OCC(=O)NCc2ccc(C(=O)NCCCN)cc2)cc1. The number of benzene rings is 2. The first-order valence-electron chi connectivity index (χ1n) is 9.32. The van der Waals surface area contributed by atoms with Crippen LogP contribution in [0, 0.1) is 0 Å². The maximum atomic E-state index is 11.9. The number of hydrogen-bond acceptors (Lipinski definition) is 5. The monoisotopic (exact) mass is 385 g/mol. The largest absolute Gasteiger partial charge is 0.494 e. The number of nitrogens with two attached hydrogens (primary N) is 1. The van der Waals surface area contributed by atoms with Gasteiger partial charge in [0.25, 0.3) is 11.8 Å². The summed E-state index contributed by atoms with van der Waals surface area (Å²) in [6, 6.07) is 14.2. The molecule has 0 fully saturated rings. The Morgan fingerprint density at radius 3 is 2.18 bits per heavy atom. The van der Waals surface area contributed by atoms with E-state index >= 15 is 0 Å². The van der Waals surface area contributed by atoms with Crippen LogP contribution in [0.15, 0.2) is 48.5 Å². The van der Waals surface area contributed by atoms with Gasteiger partial charge in [-0.2, -0.15) is 0 Å². The summed E-state index contributed by atoms with van der Waals surface area (Å²) in [5, 5.41) is 5.59. The Bertz CT molecular complexity index is 745. The Morgan fingerprint density at radius 2 is 1.57 bits per heavy atom. The highest BCUT2D eigenvalue weighted by Gasteiger charge is 2.06. The average molecular weight is 385 g/mol. The Labute approximate surface area is 165 Å². The molecule has 2 aromatic carbocycles. The summed E-state index contributed by atoms with van der Waals surface area (Å²) in [5.74, 6) is 1.00. The smallest absolute Gasteiger partial charge is 0.258 e. The number of carbonyl (C=O) groups is 2. The number of nitrogens with one attached hydrogen (secondary N) is 2. The fourth-order valence-electron chi connectivity index (χ4n) is 2.38. The molecule has 0 heterocycles. The zero-order chi connectivity index (χ0) is 20.2. The minimum Gasteiger partial charge on any atom is -0.494 e. The molecule has 0 saturated carbocycles. The lowest BCUT2D eigenvalue weighted by Gasteiger charge is -2.09. The summed E-state index contributed by atoms with van der Waals surface area (Å²) < 4.78 is 10.8. The Kier molecular flexibility index (Phi) is 8.81. The number of rotatable bonds is 11. The molecule has 0 bridgehead atoms. The highest BCUT2D eigenvalue weighted by Crippen LogP contribution is 2.17.